The maximum absolute atomic E-state index is 11.2. The molecule has 1 aromatic heterocycles. The molecule has 1 aliphatic rings. The van der Waals surface area contributed by atoms with Crippen LogP contribution >= 0.6 is 0 Å². The Kier molecular flexibility index (Phi) is 2.48. The first-order valence-corrected chi connectivity index (χ1v) is 5.04. The van der Waals surface area contributed by atoms with E-state index in [9.17, 15) is 4.79 Å². The Bertz CT molecular complexity index is 349. The Balaban J connectivity index is 2.14. The fourth-order valence-corrected chi connectivity index (χ4v) is 1.85. The van der Waals surface area contributed by atoms with Crippen LogP contribution in [0.2, 0.25) is 0 Å². The number of amides is 1. The van der Waals surface area contributed by atoms with Gasteiger partial charge in [0.25, 0.3) is 0 Å². The van der Waals surface area contributed by atoms with Crippen LogP contribution in [0, 0.1) is 0 Å². The second kappa shape index (κ2) is 3.78. The predicted octanol–water partition coefficient (Wildman–Crippen LogP) is 1.60. The van der Waals surface area contributed by atoms with E-state index in [1.165, 1.54) is 5.56 Å². The van der Waals surface area contributed by atoms with Crippen LogP contribution in [-0.4, -0.2) is 10.9 Å². The van der Waals surface area contributed by atoms with Crippen LogP contribution in [0.15, 0.2) is 18.3 Å². The van der Waals surface area contributed by atoms with Gasteiger partial charge in [-0.3, -0.25) is 9.78 Å². The second-order valence-electron chi connectivity index (χ2n) is 3.56. The van der Waals surface area contributed by atoms with E-state index in [1.807, 2.05) is 13.0 Å². The summed E-state index contributed by atoms with van der Waals surface area (Å²) in [5.41, 5.74) is 2.32. The number of aromatic nitrogens is 1. The highest BCUT2D eigenvalue weighted by Gasteiger charge is 2.24. The van der Waals surface area contributed by atoms with Gasteiger partial charge in [0.15, 0.2) is 0 Å². The van der Waals surface area contributed by atoms with Crippen LogP contribution in [0.5, 0.6) is 0 Å². The van der Waals surface area contributed by atoms with Crippen molar-refractivity contribution in [2.24, 2.45) is 0 Å². The highest BCUT2D eigenvalue weighted by molar-refractivity contribution is 5.76. The highest BCUT2D eigenvalue weighted by atomic mass is 16.1. The lowest BCUT2D eigenvalue weighted by molar-refractivity contribution is -0.121. The van der Waals surface area contributed by atoms with E-state index in [0.29, 0.717) is 6.42 Å². The molecule has 14 heavy (non-hydrogen) atoms. The van der Waals surface area contributed by atoms with Crippen LogP contribution in [0.25, 0.3) is 0 Å². The summed E-state index contributed by atoms with van der Waals surface area (Å²) in [4.78, 5) is 15.6. The number of nitrogens with zero attached hydrogens (tertiary/aromatic N) is 1. The third kappa shape index (κ3) is 1.62. The van der Waals surface area contributed by atoms with Crippen molar-refractivity contribution in [1.82, 2.24) is 10.3 Å². The summed E-state index contributed by atoms with van der Waals surface area (Å²) in [6.45, 7) is 1.86. The van der Waals surface area contributed by atoms with Crippen molar-refractivity contribution in [2.75, 3.05) is 0 Å². The molecule has 3 heteroatoms. The molecule has 1 amide bonds. The van der Waals surface area contributed by atoms with Gasteiger partial charge in [-0.15, -0.1) is 0 Å². The van der Waals surface area contributed by atoms with Crippen LogP contribution in [0.3, 0.4) is 0 Å². The van der Waals surface area contributed by atoms with E-state index < -0.39 is 0 Å². The first-order chi connectivity index (χ1) is 6.81. The zero-order chi connectivity index (χ0) is 9.97. The molecule has 0 saturated carbocycles. The van der Waals surface area contributed by atoms with E-state index in [2.05, 4.69) is 16.4 Å². The lowest BCUT2D eigenvalue weighted by atomic mass is 10.2. The largest absolute Gasteiger partial charge is 0.348 e. The standard InChI is InChI=1S/C11H14N2O/c1-2-10(14)13-9-6-5-8-4-3-7-12-11(8)9/h3-4,7,9H,2,5-6H2,1H3,(H,13,14). The Morgan fingerprint density at radius 1 is 1.71 bits per heavy atom. The normalized spacial score (nSPS) is 19.1. The fraction of sp³-hybridized carbons (Fsp3) is 0.455. The van der Waals surface area contributed by atoms with Gasteiger partial charge in [-0.05, 0) is 24.5 Å². The summed E-state index contributed by atoms with van der Waals surface area (Å²) in [5, 5.41) is 2.98. The van der Waals surface area contributed by atoms with Gasteiger partial charge in [-0.25, -0.2) is 0 Å². The van der Waals surface area contributed by atoms with Gasteiger partial charge in [0.1, 0.15) is 0 Å². The SMILES string of the molecule is CCC(=O)NC1CCc2cccnc21. The zero-order valence-electron chi connectivity index (χ0n) is 8.29. The number of carbonyl (C=O) groups is 1. The molecule has 0 spiro atoms. The number of carbonyl (C=O) groups excluding carboxylic acids is 1. The third-order valence-corrected chi connectivity index (χ3v) is 2.61. The molecule has 1 unspecified atom stereocenters. The number of rotatable bonds is 2. The Morgan fingerprint density at radius 3 is 3.36 bits per heavy atom. The maximum Gasteiger partial charge on any atom is 0.220 e. The molecular weight excluding hydrogens is 176 g/mol. The van der Waals surface area contributed by atoms with Crippen molar-refractivity contribution in [3.8, 4) is 0 Å². The number of pyridine rings is 1. The van der Waals surface area contributed by atoms with Crippen molar-refractivity contribution >= 4 is 5.91 Å². The van der Waals surface area contributed by atoms with E-state index >= 15 is 0 Å². The minimum absolute atomic E-state index is 0.105. The van der Waals surface area contributed by atoms with Gasteiger partial charge in [0.2, 0.25) is 5.91 Å². The first kappa shape index (κ1) is 9.19. The third-order valence-electron chi connectivity index (χ3n) is 2.61. The molecule has 1 aromatic rings. The average molecular weight is 190 g/mol. The molecule has 0 fully saturated rings. The van der Waals surface area contributed by atoms with Gasteiger partial charge in [0, 0.05) is 12.6 Å². The van der Waals surface area contributed by atoms with Gasteiger partial charge in [-0.1, -0.05) is 13.0 Å². The van der Waals surface area contributed by atoms with Crippen molar-refractivity contribution in [3.63, 3.8) is 0 Å². The van der Waals surface area contributed by atoms with Crippen molar-refractivity contribution in [1.29, 1.82) is 0 Å². The number of aryl methyl sites for hydroxylation is 1. The van der Waals surface area contributed by atoms with Crippen LogP contribution < -0.4 is 5.32 Å². The molecule has 0 bridgehead atoms. The average Bonchev–Trinajstić information content (AvgIpc) is 2.62. The molecule has 3 nitrogen and oxygen atoms in total. The van der Waals surface area contributed by atoms with Crippen LogP contribution in [0.4, 0.5) is 0 Å². The molecule has 1 heterocycles. The quantitative estimate of drug-likeness (QED) is 0.769. The number of hydrogen-bond donors (Lipinski definition) is 1. The molecule has 0 saturated heterocycles. The number of nitrogens with one attached hydrogen (secondary N) is 1. The van der Waals surface area contributed by atoms with Crippen molar-refractivity contribution in [2.45, 2.75) is 32.2 Å². The van der Waals surface area contributed by atoms with Gasteiger partial charge in [0.05, 0.1) is 11.7 Å². The summed E-state index contributed by atoms with van der Waals surface area (Å²) in [7, 11) is 0. The van der Waals surface area contributed by atoms with Gasteiger partial charge >= 0.3 is 0 Å². The predicted molar refractivity (Wildman–Crippen MR) is 53.7 cm³/mol. The summed E-state index contributed by atoms with van der Waals surface area (Å²) in [5.74, 6) is 0.105. The van der Waals surface area contributed by atoms with E-state index in [0.717, 1.165) is 18.5 Å². The molecule has 1 atom stereocenters. The van der Waals surface area contributed by atoms with E-state index in [4.69, 9.17) is 0 Å². The summed E-state index contributed by atoms with van der Waals surface area (Å²) in [6, 6.07) is 4.17. The smallest absolute Gasteiger partial charge is 0.220 e. The summed E-state index contributed by atoms with van der Waals surface area (Å²) in [6.07, 6.45) is 4.34. The molecule has 2 rings (SSSR count). The highest BCUT2D eigenvalue weighted by Crippen LogP contribution is 2.28. The van der Waals surface area contributed by atoms with Gasteiger partial charge in [-0.2, -0.15) is 0 Å². The molecule has 1 aliphatic carbocycles. The molecule has 0 aliphatic heterocycles. The van der Waals surface area contributed by atoms with Crippen molar-refractivity contribution in [3.05, 3.63) is 29.6 Å². The minimum Gasteiger partial charge on any atom is -0.348 e. The molecule has 1 N–H and O–H groups in total. The zero-order valence-corrected chi connectivity index (χ0v) is 8.29. The number of hydrogen-bond acceptors (Lipinski definition) is 2. The summed E-state index contributed by atoms with van der Waals surface area (Å²) < 4.78 is 0. The first-order valence-electron chi connectivity index (χ1n) is 5.04. The topological polar surface area (TPSA) is 42.0 Å². The second-order valence-corrected chi connectivity index (χ2v) is 3.56. The van der Waals surface area contributed by atoms with Crippen molar-refractivity contribution < 1.29 is 4.79 Å². The minimum atomic E-state index is 0.105. The monoisotopic (exact) mass is 190 g/mol. The number of fused-ring (bicyclic) bond motifs is 1. The molecule has 74 valence electrons. The Morgan fingerprint density at radius 2 is 2.57 bits per heavy atom. The fourth-order valence-electron chi connectivity index (χ4n) is 1.85. The molecular formula is C11H14N2O. The van der Waals surface area contributed by atoms with E-state index in [1.54, 1.807) is 6.20 Å². The maximum atomic E-state index is 11.2. The summed E-state index contributed by atoms with van der Waals surface area (Å²) >= 11 is 0. The Labute approximate surface area is 83.5 Å². The lowest BCUT2D eigenvalue weighted by Gasteiger charge is -2.11. The molecule has 0 radical (unpaired) electrons. The van der Waals surface area contributed by atoms with E-state index in [-0.39, 0.29) is 11.9 Å². The van der Waals surface area contributed by atoms with Crippen LogP contribution in [0.1, 0.15) is 37.1 Å². The van der Waals surface area contributed by atoms with Crippen LogP contribution in [-0.2, 0) is 11.2 Å². The Hall–Kier alpha value is -1.38. The van der Waals surface area contributed by atoms with Gasteiger partial charge < -0.3 is 5.32 Å². The lowest BCUT2D eigenvalue weighted by Crippen LogP contribution is -2.26. The molecule has 0 aromatic carbocycles.